The van der Waals surface area contributed by atoms with E-state index in [4.69, 9.17) is 37.4 Å². The summed E-state index contributed by atoms with van der Waals surface area (Å²) < 4.78 is 21.6. The van der Waals surface area contributed by atoms with Crippen molar-refractivity contribution in [2.75, 3.05) is 0 Å². The van der Waals surface area contributed by atoms with E-state index in [2.05, 4.69) is 9.97 Å². The Bertz CT molecular complexity index is 3680. The van der Waals surface area contributed by atoms with E-state index < -0.39 is 45.2 Å². The molecule has 6 aromatic heterocycles. The number of rotatable bonds is 18. The molecule has 8 rings (SSSR count). The van der Waals surface area contributed by atoms with Crippen LogP contribution in [0.1, 0.15) is 155 Å². The van der Waals surface area contributed by atoms with Gasteiger partial charge < -0.3 is 23.0 Å². The number of aromatic nitrogens is 4. The number of thiazole rings is 1. The first kappa shape index (κ1) is 56.9. The fraction of sp³-hybridized carbons (Fsp3) is 0.323. The summed E-state index contributed by atoms with van der Waals surface area (Å²) in [7, 11) is 0. The highest BCUT2D eigenvalue weighted by molar-refractivity contribution is 7.09. The molecule has 0 saturated heterocycles. The number of carbonyl (C=O) groups is 6. The predicted molar refractivity (Wildman–Crippen MR) is 303 cm³/mol. The van der Waals surface area contributed by atoms with E-state index in [0.29, 0.717) is 38.3 Å². The number of halogens is 2. The lowest BCUT2D eigenvalue weighted by molar-refractivity contribution is -0.172. The lowest BCUT2D eigenvalue weighted by Crippen LogP contribution is -2.38. The fourth-order valence-corrected chi connectivity index (χ4v) is 10.0. The van der Waals surface area contributed by atoms with Crippen LogP contribution >= 0.6 is 34.5 Å². The van der Waals surface area contributed by atoms with Crippen LogP contribution in [0.4, 0.5) is 0 Å². The first-order valence-electron chi connectivity index (χ1n) is 25.4. The number of ether oxygens (including phenoxy) is 3. The fourth-order valence-electron chi connectivity index (χ4n) is 9.18. The second-order valence-electron chi connectivity index (χ2n) is 23.0. The maximum Gasteiger partial charge on any atom is 0.319 e. The molecule has 0 bridgehead atoms. The largest absolute Gasteiger partial charge is 0.487 e. The average Bonchev–Trinajstić information content (AvgIpc) is 4.23. The number of carbonyl (C=O) groups excluding carboxylic acids is 6. The second-order valence-corrected chi connectivity index (χ2v) is 24.9. The van der Waals surface area contributed by atoms with E-state index in [9.17, 15) is 28.8 Å². The summed E-state index contributed by atoms with van der Waals surface area (Å²) in [5.41, 5.74) is -0.287. The molecular formula is C62H62Cl2N4O9S. The van der Waals surface area contributed by atoms with Gasteiger partial charge in [0.15, 0.2) is 11.6 Å². The van der Waals surface area contributed by atoms with Crippen LogP contribution in [0.2, 0.25) is 10.0 Å². The van der Waals surface area contributed by atoms with Crippen molar-refractivity contribution in [3.05, 3.63) is 186 Å². The van der Waals surface area contributed by atoms with Crippen molar-refractivity contribution in [3.63, 3.8) is 0 Å². The Balaban J connectivity index is 1.19. The van der Waals surface area contributed by atoms with Gasteiger partial charge in [-0.05, 0) is 138 Å². The monoisotopic (exact) mass is 1110 g/mol. The van der Waals surface area contributed by atoms with Crippen molar-refractivity contribution in [1.82, 2.24) is 18.8 Å². The van der Waals surface area contributed by atoms with Crippen LogP contribution < -0.4 is 9.47 Å². The first-order valence-corrected chi connectivity index (χ1v) is 27.1. The number of fused-ring (bicyclic) bond motifs is 2. The summed E-state index contributed by atoms with van der Waals surface area (Å²) in [6.07, 6.45) is 2.87. The normalized spacial score (nSPS) is 12.2. The zero-order chi connectivity index (χ0) is 56.8. The number of pyridine rings is 3. The van der Waals surface area contributed by atoms with Gasteiger partial charge in [-0.25, -0.2) is 4.98 Å². The first-order chi connectivity index (χ1) is 36.5. The van der Waals surface area contributed by atoms with Gasteiger partial charge in [0.2, 0.25) is 11.6 Å². The molecule has 6 heterocycles. The molecule has 2 aromatic carbocycles. The van der Waals surface area contributed by atoms with Crippen LogP contribution in [-0.4, -0.2) is 53.8 Å². The van der Waals surface area contributed by atoms with Gasteiger partial charge in [0.25, 0.3) is 0 Å². The Morgan fingerprint density at radius 2 is 0.974 bits per heavy atom. The zero-order valence-corrected chi connectivity index (χ0v) is 48.2. The highest BCUT2D eigenvalue weighted by atomic mass is 35.5. The standard InChI is InChI=1S/C62H62Cl2N4O9S/c1-35-14-13-15-41(65-35)32-75-43-24-26-67-47(28-43)49(55(71)59(3,4)5)45(51(67)53(69)37-16-20-39(63)21-17-37)30-61(9,10)57(73)77-58(74)62(11,12)31-46-50(56(72)60(6,7)8)48-29-44(76-33-42-34-78-36(2)66-42)25-27-68(48)52(46)54(70)38-18-22-40(64)23-19-38/h13-29,34H,30-33H2,1-12H3. The van der Waals surface area contributed by atoms with Crippen molar-refractivity contribution < 1.29 is 43.0 Å². The lowest BCUT2D eigenvalue weighted by Gasteiger charge is -2.28. The molecule has 0 fully saturated rings. The summed E-state index contributed by atoms with van der Waals surface area (Å²) >= 11 is 14.0. The van der Waals surface area contributed by atoms with Gasteiger partial charge in [0.05, 0.1) is 49.6 Å². The molecule has 0 saturated carbocycles. The van der Waals surface area contributed by atoms with Crippen LogP contribution in [0.3, 0.4) is 0 Å². The summed E-state index contributed by atoms with van der Waals surface area (Å²) in [6, 6.07) is 25.1. The third-order valence-electron chi connectivity index (χ3n) is 13.4. The highest BCUT2D eigenvalue weighted by Crippen LogP contribution is 2.41. The number of esters is 2. The predicted octanol–water partition coefficient (Wildman–Crippen LogP) is 14.0. The second kappa shape index (κ2) is 21.9. The average molecular weight is 1110 g/mol. The van der Waals surface area contributed by atoms with Gasteiger partial charge in [-0.3, -0.25) is 33.8 Å². The number of benzene rings is 2. The van der Waals surface area contributed by atoms with E-state index in [0.717, 1.165) is 16.4 Å². The van der Waals surface area contributed by atoms with E-state index >= 15 is 0 Å². The number of ketones is 4. The third kappa shape index (κ3) is 12.1. The number of hydrogen-bond donors (Lipinski definition) is 0. The molecule has 8 aromatic rings. The van der Waals surface area contributed by atoms with Crippen LogP contribution in [0, 0.1) is 35.5 Å². The van der Waals surface area contributed by atoms with Gasteiger partial charge >= 0.3 is 11.9 Å². The molecular weight excluding hydrogens is 1050 g/mol. The van der Waals surface area contributed by atoms with Crippen molar-refractivity contribution in [3.8, 4) is 11.5 Å². The molecule has 0 spiro atoms. The minimum Gasteiger partial charge on any atom is -0.487 e. The lowest BCUT2D eigenvalue weighted by atomic mass is 9.78. The molecule has 13 nitrogen and oxygen atoms in total. The van der Waals surface area contributed by atoms with E-state index in [1.807, 2.05) is 37.4 Å². The van der Waals surface area contributed by atoms with Crippen molar-refractivity contribution in [2.45, 2.75) is 109 Å². The van der Waals surface area contributed by atoms with E-state index in [1.165, 1.54) is 11.3 Å². The molecule has 0 atom stereocenters. The molecule has 78 heavy (non-hydrogen) atoms. The van der Waals surface area contributed by atoms with Gasteiger partial charge in [0.1, 0.15) is 24.7 Å². The SMILES string of the molecule is Cc1cccc(COc2ccn3c(C(=O)c4ccc(Cl)cc4)c(CC(C)(C)C(=O)OC(=O)C(C)(C)Cc4c(C(=O)C(C)(C)C)c5cc(OCc6csc(C)n6)ccn5c4C(=O)c4ccc(Cl)cc4)c(C(=O)C(C)(C)C)c3c2)n1. The molecule has 404 valence electrons. The third-order valence-corrected chi connectivity index (χ3v) is 14.7. The smallest absolute Gasteiger partial charge is 0.319 e. The maximum absolute atomic E-state index is 14.9. The topological polar surface area (TPSA) is 165 Å². The van der Waals surface area contributed by atoms with Crippen LogP contribution in [0.25, 0.3) is 11.0 Å². The Kier molecular flexibility index (Phi) is 16.0. The molecule has 0 aliphatic carbocycles. The molecule has 0 N–H and O–H groups in total. The van der Waals surface area contributed by atoms with Gasteiger partial charge in [0, 0.05) is 78.7 Å². The van der Waals surface area contributed by atoms with Crippen LogP contribution in [0.5, 0.6) is 11.5 Å². The minimum absolute atomic E-state index is 0.126. The molecule has 0 aliphatic heterocycles. The molecule has 0 aliphatic rings. The minimum atomic E-state index is -1.56. The highest BCUT2D eigenvalue weighted by Gasteiger charge is 2.43. The molecule has 16 heteroatoms. The number of Topliss-reactive ketones (excluding diaryl/α,β-unsaturated/α-hetero) is 2. The Labute approximate surface area is 467 Å². The van der Waals surface area contributed by atoms with Crippen molar-refractivity contribution in [1.29, 1.82) is 0 Å². The van der Waals surface area contributed by atoms with Gasteiger partial charge in [-0.1, -0.05) is 70.8 Å². The number of nitrogens with zero attached hydrogens (tertiary/aromatic N) is 4. The zero-order valence-electron chi connectivity index (χ0n) is 45.8. The quantitative estimate of drug-likeness (QED) is 0.0456. The summed E-state index contributed by atoms with van der Waals surface area (Å²) in [5.74, 6) is -2.53. The molecule has 0 unspecified atom stereocenters. The van der Waals surface area contributed by atoms with Crippen LogP contribution in [-0.2, 0) is 40.4 Å². The Morgan fingerprint density at radius 3 is 1.36 bits per heavy atom. The van der Waals surface area contributed by atoms with Gasteiger partial charge in [-0.15, -0.1) is 11.3 Å². The maximum atomic E-state index is 14.9. The molecule has 0 amide bonds. The van der Waals surface area contributed by atoms with Crippen molar-refractivity contribution in [2.24, 2.45) is 21.7 Å². The summed E-state index contributed by atoms with van der Waals surface area (Å²) in [5, 5.41) is 3.62. The Hall–Kier alpha value is -7.26. The summed E-state index contributed by atoms with van der Waals surface area (Å²) in [4.78, 5) is 98.1. The van der Waals surface area contributed by atoms with Crippen LogP contribution in [0.15, 0.2) is 109 Å². The summed E-state index contributed by atoms with van der Waals surface area (Å²) in [6.45, 7) is 21.1. The Morgan fingerprint density at radius 1 is 0.551 bits per heavy atom. The van der Waals surface area contributed by atoms with E-state index in [-0.39, 0.29) is 82.4 Å². The van der Waals surface area contributed by atoms with E-state index in [1.54, 1.807) is 163 Å². The number of hydrogen-bond acceptors (Lipinski definition) is 12. The molecule has 0 radical (unpaired) electrons. The van der Waals surface area contributed by atoms with Crippen molar-refractivity contribution >= 4 is 80.6 Å². The number of aryl methyl sites for hydroxylation is 2. The van der Waals surface area contributed by atoms with Gasteiger partial charge in [-0.2, -0.15) is 0 Å².